The van der Waals surface area contributed by atoms with Gasteiger partial charge in [-0.3, -0.25) is 14.5 Å². The van der Waals surface area contributed by atoms with Crippen molar-refractivity contribution in [2.75, 3.05) is 10.2 Å². The summed E-state index contributed by atoms with van der Waals surface area (Å²) in [6.07, 6.45) is 3.11. The molecule has 1 heterocycles. The molecular weight excluding hydrogens is 391 g/mol. The van der Waals surface area contributed by atoms with Crippen molar-refractivity contribution in [3.05, 3.63) is 108 Å². The van der Waals surface area contributed by atoms with Crippen molar-refractivity contribution in [3.63, 3.8) is 0 Å². The monoisotopic (exact) mass is 412 g/mol. The zero-order chi connectivity index (χ0) is 21.4. The Morgan fingerprint density at radius 3 is 2.42 bits per heavy atom. The first-order chi connectivity index (χ1) is 15.1. The number of ketones is 1. The van der Waals surface area contributed by atoms with Gasteiger partial charge in [-0.25, -0.2) is 4.39 Å². The molecule has 5 rings (SSSR count). The molecule has 5 heteroatoms. The molecule has 0 saturated heterocycles. The number of amides is 1. The van der Waals surface area contributed by atoms with Crippen molar-refractivity contribution < 1.29 is 14.0 Å². The van der Waals surface area contributed by atoms with E-state index in [9.17, 15) is 14.0 Å². The van der Waals surface area contributed by atoms with Crippen LogP contribution in [-0.2, 0) is 4.79 Å². The van der Waals surface area contributed by atoms with E-state index in [4.69, 9.17) is 0 Å². The van der Waals surface area contributed by atoms with Gasteiger partial charge in [0, 0.05) is 17.7 Å². The third kappa shape index (κ3) is 3.42. The molecular formula is C26H21FN2O2. The molecule has 0 spiro atoms. The lowest BCUT2D eigenvalue weighted by atomic mass is 9.81. The molecule has 1 N–H and O–H groups in total. The van der Waals surface area contributed by atoms with Crippen LogP contribution in [0.1, 0.15) is 34.8 Å². The molecule has 1 aliphatic carbocycles. The number of para-hydroxylation sites is 2. The van der Waals surface area contributed by atoms with Crippen molar-refractivity contribution in [2.45, 2.75) is 18.9 Å². The highest BCUT2D eigenvalue weighted by Crippen LogP contribution is 2.46. The summed E-state index contributed by atoms with van der Waals surface area (Å²) in [7, 11) is 0. The van der Waals surface area contributed by atoms with Gasteiger partial charge in [-0.1, -0.05) is 48.5 Å². The highest BCUT2D eigenvalue weighted by molar-refractivity contribution is 6.09. The van der Waals surface area contributed by atoms with Crippen LogP contribution in [0.5, 0.6) is 0 Å². The van der Waals surface area contributed by atoms with E-state index < -0.39 is 12.0 Å². The maximum Gasteiger partial charge on any atom is 0.258 e. The lowest BCUT2D eigenvalue weighted by molar-refractivity contribution is -0.122. The van der Waals surface area contributed by atoms with Crippen molar-refractivity contribution >= 4 is 23.1 Å². The Morgan fingerprint density at radius 1 is 0.935 bits per heavy atom. The topological polar surface area (TPSA) is 49.4 Å². The lowest BCUT2D eigenvalue weighted by Crippen LogP contribution is -2.42. The molecule has 0 bridgehead atoms. The standard InChI is InChI=1S/C26H21FN2O2/c27-19-15-13-17(14-16-19)25-24-21(10-6-12-23(24)30)28-20-9-4-5-11-22(20)29(25)26(31)18-7-2-1-3-8-18/h1-5,7-11,13-16,24-25,28H,6,12H2/t24-,25-/m1/s1. The van der Waals surface area contributed by atoms with Gasteiger partial charge in [-0.05, 0) is 48.4 Å². The Morgan fingerprint density at radius 2 is 1.65 bits per heavy atom. The summed E-state index contributed by atoms with van der Waals surface area (Å²) in [5.74, 6) is -1.05. The highest BCUT2D eigenvalue weighted by Gasteiger charge is 2.43. The minimum absolute atomic E-state index is 0.0676. The van der Waals surface area contributed by atoms with Crippen LogP contribution < -0.4 is 10.2 Å². The summed E-state index contributed by atoms with van der Waals surface area (Å²) in [5.41, 5.74) is 3.49. The zero-order valence-electron chi connectivity index (χ0n) is 16.8. The SMILES string of the molecule is O=C1CCC=C2Nc3ccccc3N(C(=O)c3ccccc3)[C@H](c3ccc(F)cc3)[C@@H]12. The van der Waals surface area contributed by atoms with Crippen LogP contribution in [0.25, 0.3) is 0 Å². The number of anilines is 2. The van der Waals surface area contributed by atoms with Gasteiger partial charge in [-0.2, -0.15) is 0 Å². The van der Waals surface area contributed by atoms with Crippen LogP contribution in [0.2, 0.25) is 0 Å². The molecule has 0 aromatic heterocycles. The van der Waals surface area contributed by atoms with Gasteiger partial charge >= 0.3 is 0 Å². The molecule has 154 valence electrons. The first-order valence-corrected chi connectivity index (χ1v) is 10.4. The van der Waals surface area contributed by atoms with Gasteiger partial charge in [-0.15, -0.1) is 0 Å². The van der Waals surface area contributed by atoms with Crippen LogP contribution in [0.15, 0.2) is 90.6 Å². The van der Waals surface area contributed by atoms with Crippen LogP contribution in [0.4, 0.5) is 15.8 Å². The molecule has 31 heavy (non-hydrogen) atoms. The van der Waals surface area contributed by atoms with Gasteiger partial charge < -0.3 is 5.32 Å². The van der Waals surface area contributed by atoms with Crippen molar-refractivity contribution in [1.82, 2.24) is 0 Å². The minimum Gasteiger partial charge on any atom is -0.357 e. The van der Waals surface area contributed by atoms with E-state index in [2.05, 4.69) is 5.32 Å². The number of nitrogens with zero attached hydrogens (tertiary/aromatic N) is 1. The Balaban J connectivity index is 1.76. The fraction of sp³-hybridized carbons (Fsp3) is 0.154. The van der Waals surface area contributed by atoms with Crippen LogP contribution in [-0.4, -0.2) is 11.7 Å². The Bertz CT molecular complexity index is 1170. The van der Waals surface area contributed by atoms with E-state index in [-0.39, 0.29) is 17.5 Å². The van der Waals surface area contributed by atoms with Crippen LogP contribution >= 0.6 is 0 Å². The summed E-state index contributed by atoms with van der Waals surface area (Å²) in [6.45, 7) is 0. The number of hydrogen-bond acceptors (Lipinski definition) is 3. The van der Waals surface area contributed by atoms with Gasteiger partial charge in [0.05, 0.1) is 23.3 Å². The normalized spacial score (nSPS) is 20.1. The van der Waals surface area contributed by atoms with Gasteiger partial charge in [0.1, 0.15) is 11.6 Å². The molecule has 3 aromatic carbocycles. The summed E-state index contributed by atoms with van der Waals surface area (Å²) in [5, 5.41) is 3.41. The maximum atomic E-state index is 13.8. The average molecular weight is 412 g/mol. The fourth-order valence-electron chi connectivity index (χ4n) is 4.50. The molecule has 0 saturated carbocycles. The van der Waals surface area contributed by atoms with Crippen molar-refractivity contribution in [3.8, 4) is 0 Å². The highest BCUT2D eigenvalue weighted by atomic mass is 19.1. The number of halogens is 1. The smallest absolute Gasteiger partial charge is 0.258 e. The number of carbonyl (C=O) groups is 2. The number of hydrogen-bond donors (Lipinski definition) is 1. The molecule has 2 atom stereocenters. The fourth-order valence-corrected chi connectivity index (χ4v) is 4.50. The van der Waals surface area contributed by atoms with E-state index in [0.717, 1.165) is 16.9 Å². The molecule has 3 aromatic rings. The van der Waals surface area contributed by atoms with Gasteiger partial charge in [0.15, 0.2) is 0 Å². The summed E-state index contributed by atoms with van der Waals surface area (Å²) in [4.78, 5) is 28.7. The first-order valence-electron chi connectivity index (χ1n) is 10.4. The minimum atomic E-state index is -0.594. The third-order valence-corrected chi connectivity index (χ3v) is 5.92. The van der Waals surface area contributed by atoms with E-state index in [0.29, 0.717) is 24.1 Å². The summed E-state index contributed by atoms with van der Waals surface area (Å²) in [6, 6.07) is 22.1. The number of nitrogens with one attached hydrogen (secondary N) is 1. The maximum absolute atomic E-state index is 13.8. The number of Topliss-reactive ketones (excluding diaryl/α,β-unsaturated/α-hetero) is 1. The molecule has 4 nitrogen and oxygen atoms in total. The Labute approximate surface area is 180 Å². The Hall–Kier alpha value is -3.73. The zero-order valence-corrected chi connectivity index (χ0v) is 16.8. The van der Waals surface area contributed by atoms with Crippen molar-refractivity contribution in [2.24, 2.45) is 5.92 Å². The third-order valence-electron chi connectivity index (χ3n) is 5.92. The summed E-state index contributed by atoms with van der Waals surface area (Å²) >= 11 is 0. The number of carbonyl (C=O) groups excluding carboxylic acids is 2. The van der Waals surface area contributed by atoms with Crippen LogP contribution in [0.3, 0.4) is 0 Å². The largest absolute Gasteiger partial charge is 0.357 e. The average Bonchev–Trinajstić information content (AvgIpc) is 2.95. The lowest BCUT2D eigenvalue weighted by Gasteiger charge is -2.36. The Kier molecular flexibility index (Phi) is 4.86. The number of benzene rings is 3. The van der Waals surface area contributed by atoms with Gasteiger partial charge in [0.2, 0.25) is 0 Å². The van der Waals surface area contributed by atoms with E-state index in [1.807, 2.05) is 48.5 Å². The number of rotatable bonds is 2. The second kappa shape index (κ2) is 7.84. The van der Waals surface area contributed by atoms with E-state index in [1.165, 1.54) is 12.1 Å². The predicted octanol–water partition coefficient (Wildman–Crippen LogP) is 5.50. The quantitative estimate of drug-likeness (QED) is 0.604. The van der Waals surface area contributed by atoms with Crippen molar-refractivity contribution in [1.29, 1.82) is 0 Å². The number of fused-ring (bicyclic) bond motifs is 2. The van der Waals surface area contributed by atoms with Gasteiger partial charge in [0.25, 0.3) is 5.91 Å². The predicted molar refractivity (Wildman–Crippen MR) is 118 cm³/mol. The second-order valence-electron chi connectivity index (χ2n) is 7.82. The van der Waals surface area contributed by atoms with E-state index >= 15 is 0 Å². The van der Waals surface area contributed by atoms with E-state index in [1.54, 1.807) is 29.2 Å². The molecule has 1 amide bonds. The second-order valence-corrected chi connectivity index (χ2v) is 7.82. The molecule has 1 aliphatic heterocycles. The number of allylic oxidation sites excluding steroid dienone is 1. The first kappa shape index (κ1) is 19.2. The molecule has 0 radical (unpaired) electrons. The van der Waals surface area contributed by atoms with Crippen LogP contribution in [0, 0.1) is 11.7 Å². The molecule has 0 unspecified atom stereocenters. The summed E-state index contributed by atoms with van der Waals surface area (Å²) < 4.78 is 13.7. The molecule has 0 fully saturated rings. The molecule has 2 aliphatic rings.